The van der Waals surface area contributed by atoms with Gasteiger partial charge in [-0.3, -0.25) is 0 Å². The van der Waals surface area contributed by atoms with Gasteiger partial charge >= 0.3 is 0 Å². The van der Waals surface area contributed by atoms with Gasteiger partial charge in [-0.2, -0.15) is 14.6 Å². The summed E-state index contributed by atoms with van der Waals surface area (Å²) < 4.78 is 8.15. The first-order valence-electron chi connectivity index (χ1n) is 14.9. The van der Waals surface area contributed by atoms with E-state index in [-0.39, 0.29) is 16.9 Å². The summed E-state index contributed by atoms with van der Waals surface area (Å²) in [6, 6.07) is 18.3. The Labute approximate surface area is 235 Å². The third-order valence-electron chi connectivity index (χ3n) is 11.0. The molecule has 0 amide bonds. The van der Waals surface area contributed by atoms with Crippen LogP contribution in [-0.4, -0.2) is 30.8 Å². The van der Waals surface area contributed by atoms with Gasteiger partial charge in [0, 0.05) is 16.5 Å². The molecule has 6 heteroatoms. The van der Waals surface area contributed by atoms with Gasteiger partial charge in [-0.1, -0.05) is 55.8 Å². The molecule has 2 aromatic carbocycles. The molecular formula is C34H36N4O2. The van der Waals surface area contributed by atoms with Gasteiger partial charge in [0.05, 0.1) is 17.5 Å². The topological polar surface area (TPSA) is 72.5 Å². The second-order valence-electron chi connectivity index (χ2n) is 13.0. The third-order valence-corrected chi connectivity index (χ3v) is 11.0. The average Bonchev–Trinajstić information content (AvgIpc) is 3.55. The second-order valence-corrected chi connectivity index (χ2v) is 13.0. The molecule has 0 aliphatic heterocycles. The molecule has 204 valence electrons. The molecule has 6 atom stereocenters. The Kier molecular flexibility index (Phi) is 5.31. The van der Waals surface area contributed by atoms with Crippen LogP contribution in [0.25, 0.3) is 17.0 Å². The Balaban J connectivity index is 1.22. The molecule has 1 N–H and O–H groups in total. The fraction of sp³-hybridized carbons (Fsp3) is 0.441. The number of hydrogen-bond acceptors (Lipinski definition) is 5. The van der Waals surface area contributed by atoms with Gasteiger partial charge in [0.15, 0.2) is 0 Å². The van der Waals surface area contributed by atoms with Crippen LogP contribution in [0, 0.1) is 23.2 Å². The molecule has 2 heterocycles. The van der Waals surface area contributed by atoms with E-state index in [1.165, 1.54) is 23.3 Å². The van der Waals surface area contributed by atoms with Gasteiger partial charge in [0.25, 0.3) is 5.78 Å². The number of hydrogen-bond donors (Lipinski definition) is 1. The number of ether oxygens (including phenoxy) is 1. The average molecular weight is 533 g/mol. The Morgan fingerprint density at radius 3 is 2.62 bits per heavy atom. The zero-order chi connectivity index (χ0) is 27.1. The van der Waals surface area contributed by atoms with Crippen molar-refractivity contribution < 1.29 is 9.84 Å². The number of aliphatic hydroxyl groups excluding tert-OH is 1. The van der Waals surface area contributed by atoms with Crippen molar-refractivity contribution >= 4 is 5.78 Å². The van der Waals surface area contributed by atoms with Gasteiger partial charge in [0.2, 0.25) is 0 Å². The molecular weight excluding hydrogens is 496 g/mol. The predicted molar refractivity (Wildman–Crippen MR) is 154 cm³/mol. The van der Waals surface area contributed by atoms with Crippen molar-refractivity contribution in [1.82, 2.24) is 19.6 Å². The number of rotatable bonds is 3. The number of aliphatic hydroxyl groups is 1. The molecule has 8 rings (SSSR count). The summed E-state index contributed by atoms with van der Waals surface area (Å²) in [5, 5.41) is 15.1. The maximum absolute atomic E-state index is 10.4. The van der Waals surface area contributed by atoms with Crippen molar-refractivity contribution in [3.05, 3.63) is 83.8 Å². The smallest absolute Gasteiger partial charge is 0.252 e. The first-order valence-corrected chi connectivity index (χ1v) is 14.9. The van der Waals surface area contributed by atoms with E-state index < -0.39 is 0 Å². The Morgan fingerprint density at radius 1 is 0.925 bits per heavy atom. The van der Waals surface area contributed by atoms with Crippen LogP contribution >= 0.6 is 0 Å². The van der Waals surface area contributed by atoms with E-state index in [0.29, 0.717) is 23.5 Å². The zero-order valence-electron chi connectivity index (χ0n) is 23.3. The molecule has 2 aromatic heterocycles. The van der Waals surface area contributed by atoms with Crippen LogP contribution in [0.1, 0.15) is 63.6 Å². The number of nitrogens with zero attached hydrogens (tertiary/aromatic N) is 4. The quantitative estimate of drug-likeness (QED) is 0.290. The Bertz CT molecular complexity index is 1640. The molecule has 40 heavy (non-hydrogen) atoms. The highest BCUT2D eigenvalue weighted by Gasteiger charge is 2.58. The van der Waals surface area contributed by atoms with Crippen LogP contribution in [-0.2, 0) is 11.8 Å². The van der Waals surface area contributed by atoms with Crippen LogP contribution in [0.15, 0.2) is 72.6 Å². The summed E-state index contributed by atoms with van der Waals surface area (Å²) in [4.78, 5) is 9.78. The zero-order valence-corrected chi connectivity index (χ0v) is 23.3. The second kappa shape index (κ2) is 8.74. The molecule has 2 fully saturated rings. The lowest BCUT2D eigenvalue weighted by atomic mass is 9.48. The minimum Gasteiger partial charge on any atom is -0.457 e. The van der Waals surface area contributed by atoms with E-state index in [1.807, 2.05) is 40.9 Å². The maximum atomic E-state index is 10.4. The van der Waals surface area contributed by atoms with Crippen LogP contribution in [0.4, 0.5) is 0 Å². The maximum Gasteiger partial charge on any atom is 0.252 e. The van der Waals surface area contributed by atoms with Gasteiger partial charge in [-0.15, -0.1) is 0 Å². The molecule has 0 bridgehead atoms. The van der Waals surface area contributed by atoms with E-state index in [1.54, 1.807) is 6.33 Å². The molecule has 4 aromatic rings. The molecule has 3 unspecified atom stereocenters. The first kappa shape index (κ1) is 24.3. The summed E-state index contributed by atoms with van der Waals surface area (Å²) in [5.41, 5.74) is 6.48. The number of allylic oxidation sites excluding steroid dienone is 1. The molecule has 0 spiro atoms. The molecule has 0 saturated heterocycles. The standard InChI is InChI=1S/C34H36N4O2/c1-33-15-13-23(39)18-22(33)11-12-26-28(33)14-16-34(2)29(26)19-27-30(38-32(35-20-36-38)37-31(27)34)21-7-6-10-25(17-21)40-24-8-4-3-5-9-24/h3-11,17,20,23,26,28-29,39H,12-16,18-19H2,1-2H3/t23-,26?,28?,29?,33-,34-/m0/s1. The van der Waals surface area contributed by atoms with E-state index in [4.69, 9.17) is 9.72 Å². The fourth-order valence-corrected chi connectivity index (χ4v) is 9.02. The minimum atomic E-state index is -0.169. The lowest BCUT2D eigenvalue weighted by molar-refractivity contribution is -0.0169. The summed E-state index contributed by atoms with van der Waals surface area (Å²) in [6.45, 7) is 4.96. The van der Waals surface area contributed by atoms with Crippen molar-refractivity contribution in [3.63, 3.8) is 0 Å². The lowest BCUT2D eigenvalue weighted by Crippen LogP contribution is -2.51. The number of benzene rings is 2. The van der Waals surface area contributed by atoms with Crippen molar-refractivity contribution in [2.24, 2.45) is 23.2 Å². The highest BCUT2D eigenvalue weighted by molar-refractivity contribution is 5.70. The molecule has 0 radical (unpaired) electrons. The lowest BCUT2D eigenvalue weighted by Gasteiger charge is -2.57. The van der Waals surface area contributed by atoms with Crippen molar-refractivity contribution in [2.45, 2.75) is 70.3 Å². The highest BCUT2D eigenvalue weighted by Crippen LogP contribution is 2.64. The minimum absolute atomic E-state index is 0.0208. The SMILES string of the molecule is C[C@]12CC[C@H](O)CC1=CCC1C2CC[C@]2(C)c3nc4ncnn4c(-c4cccc(Oc5ccccc5)c4)c3CC12. The van der Waals surface area contributed by atoms with Gasteiger partial charge < -0.3 is 9.84 Å². The van der Waals surface area contributed by atoms with Crippen molar-refractivity contribution in [3.8, 4) is 22.8 Å². The largest absolute Gasteiger partial charge is 0.457 e. The molecule has 4 aliphatic carbocycles. The third kappa shape index (κ3) is 3.48. The normalized spacial score (nSPS) is 32.5. The summed E-state index contributed by atoms with van der Waals surface area (Å²) >= 11 is 0. The summed E-state index contributed by atoms with van der Waals surface area (Å²) in [5.74, 6) is 4.12. The molecule has 6 nitrogen and oxygen atoms in total. The molecule has 2 saturated carbocycles. The first-order chi connectivity index (χ1) is 19.4. The van der Waals surface area contributed by atoms with Crippen molar-refractivity contribution in [2.75, 3.05) is 0 Å². The highest BCUT2D eigenvalue weighted by atomic mass is 16.5. The van der Waals surface area contributed by atoms with E-state index >= 15 is 0 Å². The van der Waals surface area contributed by atoms with Gasteiger partial charge in [-0.05, 0) is 92.4 Å². The monoisotopic (exact) mass is 532 g/mol. The van der Waals surface area contributed by atoms with Crippen LogP contribution in [0.5, 0.6) is 11.5 Å². The van der Waals surface area contributed by atoms with E-state index in [2.05, 4.69) is 48.2 Å². The number of fused-ring (bicyclic) bond motifs is 8. The van der Waals surface area contributed by atoms with Crippen LogP contribution in [0.3, 0.4) is 0 Å². The van der Waals surface area contributed by atoms with Crippen molar-refractivity contribution in [1.29, 1.82) is 0 Å². The van der Waals surface area contributed by atoms with E-state index in [0.717, 1.165) is 61.3 Å². The summed E-state index contributed by atoms with van der Waals surface area (Å²) in [6.07, 6.45) is 11.3. The van der Waals surface area contributed by atoms with E-state index in [9.17, 15) is 5.11 Å². The fourth-order valence-electron chi connectivity index (χ4n) is 9.02. The van der Waals surface area contributed by atoms with Crippen LogP contribution < -0.4 is 4.74 Å². The van der Waals surface area contributed by atoms with Crippen LogP contribution in [0.2, 0.25) is 0 Å². The number of para-hydroxylation sites is 1. The number of aromatic nitrogens is 4. The molecule has 4 aliphatic rings. The Morgan fingerprint density at radius 2 is 1.75 bits per heavy atom. The predicted octanol–water partition coefficient (Wildman–Crippen LogP) is 6.92. The summed E-state index contributed by atoms with van der Waals surface area (Å²) in [7, 11) is 0. The Hall–Kier alpha value is -3.51. The van der Waals surface area contributed by atoms with Gasteiger partial charge in [-0.25, -0.2) is 4.98 Å². The van der Waals surface area contributed by atoms with Gasteiger partial charge in [0.1, 0.15) is 17.8 Å².